The Morgan fingerprint density at radius 1 is 0.513 bits per heavy atom. The van der Waals surface area contributed by atoms with Crippen LogP contribution in [0.15, 0.2) is 73.4 Å². The average molecular weight is 1660 g/mol. The number of imidazole rings is 1. The van der Waals surface area contributed by atoms with E-state index in [1.54, 1.807) is 102 Å². The van der Waals surface area contributed by atoms with Crippen molar-refractivity contribution in [2.24, 2.45) is 23.5 Å². The molecule has 2 aromatic carbocycles. The number of H-pyrrole nitrogens is 3. The Kier molecular flexibility index (Phi) is 31.6. The number of carbonyl (C=O) groups excluding carboxylic acids is 15. The number of nitrogens with two attached hydrogens (primary N) is 1. The summed E-state index contributed by atoms with van der Waals surface area (Å²) in [7, 11) is 1.60. The van der Waals surface area contributed by atoms with Crippen LogP contribution < -0.4 is 74.9 Å². The molecule has 15 amide bonds. The van der Waals surface area contributed by atoms with E-state index in [1.165, 1.54) is 33.3 Å². The maximum absolute atomic E-state index is 15.5. The molecular weight excluding hydrogens is 1560 g/mol. The molecule has 9 rings (SSSR count). The molecule has 3 aromatic heterocycles. The number of nitrogens with zero attached hydrogens (tertiary/aromatic N) is 3. The summed E-state index contributed by atoms with van der Waals surface area (Å²) < 4.78 is 0. The molecular formula is C77H106N20O18S2. The number of aromatic amines is 3. The fourth-order valence-corrected chi connectivity index (χ4v) is 16.7. The number of amides is 15. The quantitative estimate of drug-likeness (QED) is 0.0503. The number of rotatable bonds is 14. The zero-order valence-electron chi connectivity index (χ0n) is 66.5. The van der Waals surface area contributed by atoms with Crippen LogP contribution in [0.25, 0.3) is 21.8 Å². The topological polar surface area (TPSA) is 563 Å². The SMILES string of the molecule is CC(C)C[C@@H]1NC(=O)[C@H](C)NC(=O)CNC(=O)[C@H](CC(C)C)NC(=O)[C@H](Cc2cnc[nH]2)NC(=O)[C@H](Cc2c[nH]c3ccccc23)NC(=O)[C@H](C)NC(=O)[C@@H]2CSSC[C@H](NC(=O)[C@H](Cc3c[nH]c4ccccc34)NC(=O)[C@H](C(C)C)NC1=O)C(=O)N[C@@H]([C@@H](C)O)C(=O)N1CCC[C@@H]1C(=O)N1C[C@@H](N)C[C@H]1C(=O)N[C@@H](CC(=O)O)C(=O)N2. The summed E-state index contributed by atoms with van der Waals surface area (Å²) in [6.45, 7) is 13.0. The van der Waals surface area contributed by atoms with Crippen molar-refractivity contribution in [3.05, 3.63) is 90.3 Å². The number of aromatic nitrogens is 4. The smallest absolute Gasteiger partial charge is 0.305 e. The molecule has 4 aliphatic rings. The number of benzene rings is 2. The zero-order valence-corrected chi connectivity index (χ0v) is 68.1. The number of hydrogen-bond donors (Lipinski definition) is 19. The zero-order chi connectivity index (χ0) is 85.2. The summed E-state index contributed by atoms with van der Waals surface area (Å²) in [5.41, 5.74) is 9.03. The lowest BCUT2D eigenvalue weighted by Crippen LogP contribution is -2.62. The number of carboxylic acid groups (broad SMARTS) is 1. The molecule has 0 unspecified atom stereocenters. The van der Waals surface area contributed by atoms with Gasteiger partial charge in [0.25, 0.3) is 0 Å². The number of nitrogens with one attached hydrogen (secondary N) is 16. The van der Waals surface area contributed by atoms with Crippen LogP contribution in [0.1, 0.15) is 118 Å². The number of carbonyl (C=O) groups is 16. The largest absolute Gasteiger partial charge is 0.481 e. The van der Waals surface area contributed by atoms with Gasteiger partial charge in [-0.15, -0.1) is 0 Å². The van der Waals surface area contributed by atoms with Crippen LogP contribution >= 0.6 is 21.6 Å². The Morgan fingerprint density at radius 3 is 1.54 bits per heavy atom. The Labute approximate surface area is 682 Å². The van der Waals surface area contributed by atoms with Crippen LogP contribution in [-0.2, 0) is 96.0 Å². The molecule has 7 heterocycles. The maximum atomic E-state index is 15.5. The van der Waals surface area contributed by atoms with Crippen molar-refractivity contribution in [2.45, 2.75) is 217 Å². The van der Waals surface area contributed by atoms with E-state index in [1.807, 2.05) is 0 Å². The molecule has 5 aromatic rings. The molecule has 16 atom stereocenters. The van der Waals surface area contributed by atoms with Gasteiger partial charge in [0.15, 0.2) is 0 Å². The van der Waals surface area contributed by atoms with Gasteiger partial charge in [-0.25, -0.2) is 4.98 Å². The number of aliphatic hydroxyl groups is 1. The van der Waals surface area contributed by atoms with Gasteiger partial charge in [0, 0.05) is 96.0 Å². The van der Waals surface area contributed by atoms with E-state index >= 15 is 24.0 Å². The van der Waals surface area contributed by atoms with Crippen LogP contribution in [0.4, 0.5) is 0 Å². The highest BCUT2D eigenvalue weighted by atomic mass is 33.1. The molecule has 38 nitrogen and oxygen atoms in total. The van der Waals surface area contributed by atoms with E-state index in [-0.39, 0.29) is 76.3 Å². The lowest BCUT2D eigenvalue weighted by molar-refractivity contribution is -0.149. The molecule has 0 aliphatic carbocycles. The van der Waals surface area contributed by atoms with Crippen molar-refractivity contribution in [1.82, 2.24) is 98.9 Å². The van der Waals surface area contributed by atoms with E-state index < -0.39 is 222 Å². The molecule has 2 bridgehead atoms. The lowest BCUT2D eigenvalue weighted by atomic mass is 9.98. The summed E-state index contributed by atoms with van der Waals surface area (Å²) in [6.07, 6.45) is 2.39. The number of hydrogen-bond acceptors (Lipinski definition) is 21. The first-order valence-electron chi connectivity index (χ1n) is 39.0. The summed E-state index contributed by atoms with van der Waals surface area (Å²) in [6, 6.07) is -8.77. The molecule has 634 valence electrons. The van der Waals surface area contributed by atoms with E-state index in [0.717, 1.165) is 31.4 Å². The monoisotopic (exact) mass is 1660 g/mol. The highest BCUT2D eigenvalue weighted by Gasteiger charge is 2.48. The Bertz CT molecular complexity index is 4480. The lowest BCUT2D eigenvalue weighted by Gasteiger charge is -2.34. The van der Waals surface area contributed by atoms with Crippen molar-refractivity contribution in [1.29, 1.82) is 0 Å². The molecule has 4 aliphatic heterocycles. The number of para-hydroxylation sites is 2. The molecule has 0 radical (unpaired) electrons. The third-order valence-corrected chi connectivity index (χ3v) is 23.0. The fraction of sp³-hybridized carbons (Fsp3) is 0.545. The number of fused-ring (bicyclic) bond motifs is 9. The number of aliphatic hydroxyl groups excluding tert-OH is 1. The van der Waals surface area contributed by atoms with Gasteiger partial charge in [-0.1, -0.05) is 99.5 Å². The summed E-state index contributed by atoms with van der Waals surface area (Å²) in [5.74, 6) is -18.3. The number of carboxylic acids is 1. The molecule has 0 spiro atoms. The minimum atomic E-state index is -1.98. The first-order valence-corrected chi connectivity index (χ1v) is 41.5. The van der Waals surface area contributed by atoms with Gasteiger partial charge in [-0.05, 0) is 93.9 Å². The summed E-state index contributed by atoms with van der Waals surface area (Å²) in [4.78, 5) is 249. The summed E-state index contributed by atoms with van der Waals surface area (Å²) >= 11 is 0. The Hall–Kier alpha value is -11.1. The first kappa shape index (κ1) is 89.8. The first-order chi connectivity index (χ1) is 55.5. The summed E-state index contributed by atoms with van der Waals surface area (Å²) in [5, 5.41) is 57.1. The van der Waals surface area contributed by atoms with Gasteiger partial charge in [-0.2, -0.15) is 0 Å². The van der Waals surface area contributed by atoms with E-state index in [4.69, 9.17) is 5.73 Å². The number of aliphatic carboxylic acids is 1. The van der Waals surface area contributed by atoms with Crippen molar-refractivity contribution < 1.29 is 86.9 Å². The van der Waals surface area contributed by atoms with Crippen LogP contribution in [0.3, 0.4) is 0 Å². The van der Waals surface area contributed by atoms with Crippen LogP contribution in [0, 0.1) is 17.8 Å². The second-order valence-electron chi connectivity index (χ2n) is 31.2. The van der Waals surface area contributed by atoms with E-state index in [2.05, 4.69) is 89.1 Å². The average Bonchev–Trinajstić information content (AvgIpc) is 1.66. The third kappa shape index (κ3) is 24.3. The fourth-order valence-electron chi connectivity index (χ4n) is 14.4. The standard InChI is InChI=1S/C77H106N20O18S2/c1-36(2)21-50-66(104)82-31-60(99)84-39(7)64(102)86-51(22-37(3)4)71(109)94-62(38(5)6)75(113)91-53(24-43-29-81-49-18-13-11-16-47(43)49)68(106)93-57-34-117-116-33-56(72(110)85-40(8)65(103)87-52(23-42-28-80-48-17-12-10-15-46(42)48)67(105)89-54(69(107)88-50)26-45-30-79-35-83-45)92-70(108)55(27-61(100)101)90-74(112)59-25-44(78)32-97(59)76(114)58-19-14-20-96(58)77(115)63(41(9)98)95-73(57)111/h10-13,15-18,28-30,35-41,44,50-59,62-63,80-81,98H,14,19-27,31-34,78H2,1-9H3,(H,79,83)(H,82,104)(H,84,99)(H,85,110)(H,86,102)(H,87,103)(H,88,107)(H,89,105)(H,90,112)(H,91,113)(H,92,108)(H,93,106)(H,94,109)(H,95,111)(H,100,101)/t39-,40-,41+,44-,50-,51-,52-,53-,54-,55-,56-,57-,58+,59-,62-,63-/m0/s1. The molecule has 117 heavy (non-hydrogen) atoms. The van der Waals surface area contributed by atoms with Crippen molar-refractivity contribution in [2.75, 3.05) is 31.1 Å². The van der Waals surface area contributed by atoms with Gasteiger partial charge in [0.05, 0.1) is 25.4 Å². The van der Waals surface area contributed by atoms with Gasteiger partial charge in [0.2, 0.25) is 88.6 Å². The predicted molar refractivity (Wildman–Crippen MR) is 429 cm³/mol. The van der Waals surface area contributed by atoms with Gasteiger partial charge < -0.3 is 110 Å². The van der Waals surface area contributed by atoms with Crippen LogP contribution in [0.5, 0.6) is 0 Å². The van der Waals surface area contributed by atoms with Crippen LogP contribution in [0.2, 0.25) is 0 Å². The molecule has 20 N–H and O–H groups in total. The van der Waals surface area contributed by atoms with E-state index in [0.29, 0.717) is 38.6 Å². The van der Waals surface area contributed by atoms with E-state index in [9.17, 15) is 63.0 Å². The molecule has 4 fully saturated rings. The molecule has 4 saturated heterocycles. The predicted octanol–water partition coefficient (Wildman–Crippen LogP) is -2.69. The van der Waals surface area contributed by atoms with Crippen molar-refractivity contribution >= 4 is 138 Å². The highest BCUT2D eigenvalue weighted by molar-refractivity contribution is 8.76. The maximum Gasteiger partial charge on any atom is 0.305 e. The van der Waals surface area contributed by atoms with Gasteiger partial charge in [-0.3, -0.25) is 76.7 Å². The van der Waals surface area contributed by atoms with Crippen LogP contribution in [-0.4, -0.2) is 262 Å². The van der Waals surface area contributed by atoms with Crippen molar-refractivity contribution in [3.8, 4) is 0 Å². The molecule has 0 saturated carbocycles. The minimum absolute atomic E-state index is 0.000684. The Balaban J connectivity index is 1.12. The second kappa shape index (κ2) is 41.1. The normalized spacial score (nSPS) is 27.6. The minimum Gasteiger partial charge on any atom is -0.481 e. The molecule has 40 heteroatoms. The third-order valence-electron chi connectivity index (χ3n) is 20.6. The van der Waals surface area contributed by atoms with Crippen molar-refractivity contribution in [3.63, 3.8) is 0 Å². The second-order valence-corrected chi connectivity index (χ2v) is 33.8. The highest BCUT2D eigenvalue weighted by Crippen LogP contribution is 2.29. The van der Waals surface area contributed by atoms with Gasteiger partial charge in [0.1, 0.15) is 84.6 Å². The van der Waals surface area contributed by atoms with Gasteiger partial charge >= 0.3 is 5.97 Å². The Morgan fingerprint density at radius 2 is 0.991 bits per heavy atom.